The van der Waals surface area contributed by atoms with Crippen LogP contribution in [0.3, 0.4) is 0 Å². The van der Waals surface area contributed by atoms with Crippen LogP contribution in [0.4, 0.5) is 11.4 Å². The van der Waals surface area contributed by atoms with E-state index in [1.54, 1.807) is 69.5 Å². The second-order valence-electron chi connectivity index (χ2n) is 11.3. The molecule has 42 heavy (non-hydrogen) atoms. The third-order valence-corrected chi connectivity index (χ3v) is 8.46. The number of amides is 2. The van der Waals surface area contributed by atoms with E-state index in [9.17, 15) is 39.6 Å². The van der Waals surface area contributed by atoms with Crippen LogP contribution in [0.1, 0.15) is 32.7 Å². The Kier molecular flexibility index (Phi) is 6.86. The first-order valence-corrected chi connectivity index (χ1v) is 13.3. The SMILES string of the molecule is CN(C)c1cc(NC(=O)c2ccccc2)c(O)c2c1CC1CC3[C@H](N(C)C)C(O)=C(C(N)=O)C(=O)C3(O)C(O)=C1C2=O. The predicted octanol–water partition coefficient (Wildman–Crippen LogP) is 1.44. The predicted molar refractivity (Wildman–Crippen MR) is 152 cm³/mol. The van der Waals surface area contributed by atoms with Crippen molar-refractivity contribution >= 4 is 34.8 Å². The summed E-state index contributed by atoms with van der Waals surface area (Å²) in [6.45, 7) is 0. The number of likely N-dealkylation sites (N-methyl/N-ethyl adjacent to an activating group) is 1. The highest BCUT2D eigenvalue weighted by Gasteiger charge is 2.63. The van der Waals surface area contributed by atoms with Gasteiger partial charge in [-0.3, -0.25) is 24.1 Å². The van der Waals surface area contributed by atoms with Gasteiger partial charge in [-0.1, -0.05) is 18.2 Å². The van der Waals surface area contributed by atoms with Gasteiger partial charge in [0.05, 0.1) is 17.3 Å². The van der Waals surface area contributed by atoms with E-state index in [4.69, 9.17) is 5.73 Å². The molecule has 2 aromatic rings. The summed E-state index contributed by atoms with van der Waals surface area (Å²) in [6, 6.07) is 8.76. The second-order valence-corrected chi connectivity index (χ2v) is 11.3. The number of anilines is 2. The summed E-state index contributed by atoms with van der Waals surface area (Å²) in [5, 5.41) is 48.1. The van der Waals surface area contributed by atoms with Gasteiger partial charge in [0.1, 0.15) is 17.1 Å². The number of aliphatic hydroxyl groups excluding tert-OH is 2. The number of carbonyl (C=O) groups excluding carboxylic acids is 4. The van der Waals surface area contributed by atoms with Gasteiger partial charge in [0, 0.05) is 36.8 Å². The maximum Gasteiger partial charge on any atom is 0.255 e. The van der Waals surface area contributed by atoms with E-state index in [-0.39, 0.29) is 29.7 Å². The fourth-order valence-corrected chi connectivity index (χ4v) is 6.58. The number of hydrogen-bond donors (Lipinski definition) is 6. The molecule has 12 heteroatoms. The van der Waals surface area contributed by atoms with Gasteiger partial charge in [0.25, 0.3) is 11.8 Å². The molecule has 3 aliphatic rings. The Morgan fingerprint density at radius 2 is 1.69 bits per heavy atom. The molecule has 0 saturated carbocycles. The van der Waals surface area contributed by atoms with Gasteiger partial charge < -0.3 is 36.4 Å². The summed E-state index contributed by atoms with van der Waals surface area (Å²) < 4.78 is 0. The second kappa shape index (κ2) is 10.00. The molecule has 220 valence electrons. The number of nitrogens with one attached hydrogen (secondary N) is 1. The minimum atomic E-state index is -2.73. The summed E-state index contributed by atoms with van der Waals surface area (Å²) in [6.07, 6.45) is 0.106. The molecule has 0 bridgehead atoms. The molecule has 2 aromatic carbocycles. The number of rotatable bonds is 5. The number of phenolic OH excluding ortho intramolecular Hbond substituents is 1. The van der Waals surface area contributed by atoms with Crippen molar-refractivity contribution in [1.29, 1.82) is 0 Å². The number of aromatic hydroxyl groups is 1. The number of aliphatic hydroxyl groups is 3. The molecule has 0 radical (unpaired) electrons. The van der Waals surface area contributed by atoms with Crippen molar-refractivity contribution in [2.24, 2.45) is 17.6 Å². The molecule has 0 fully saturated rings. The van der Waals surface area contributed by atoms with Gasteiger partial charge in [0.2, 0.25) is 5.78 Å². The Bertz CT molecular complexity index is 1610. The number of benzene rings is 2. The summed E-state index contributed by atoms with van der Waals surface area (Å²) in [4.78, 5) is 55.8. The highest BCUT2D eigenvalue weighted by molar-refractivity contribution is 6.25. The zero-order valence-corrected chi connectivity index (χ0v) is 23.5. The minimum Gasteiger partial charge on any atom is -0.510 e. The van der Waals surface area contributed by atoms with E-state index in [1.807, 2.05) is 0 Å². The Balaban J connectivity index is 1.68. The number of fused-ring (bicyclic) bond motifs is 3. The summed E-state index contributed by atoms with van der Waals surface area (Å²) in [5.74, 6) is -7.90. The smallest absolute Gasteiger partial charge is 0.255 e. The molecule has 0 aliphatic heterocycles. The number of carbonyl (C=O) groups is 4. The van der Waals surface area contributed by atoms with Crippen LogP contribution in [0.5, 0.6) is 5.75 Å². The van der Waals surface area contributed by atoms with E-state index < -0.39 is 69.7 Å². The fraction of sp³-hybridized carbons (Fsp3) is 0.333. The molecule has 0 saturated heterocycles. The van der Waals surface area contributed by atoms with E-state index in [1.165, 1.54) is 4.90 Å². The number of ketones is 2. The topological polar surface area (TPSA) is 194 Å². The molecule has 3 unspecified atom stereocenters. The molecule has 7 N–H and O–H groups in total. The van der Waals surface area contributed by atoms with E-state index in [0.29, 0.717) is 16.8 Å². The van der Waals surface area contributed by atoms with Crippen LogP contribution < -0.4 is 16.0 Å². The highest BCUT2D eigenvalue weighted by Crippen LogP contribution is 2.53. The molecular weight excluding hydrogens is 544 g/mol. The lowest BCUT2D eigenvalue weighted by Crippen LogP contribution is -2.63. The van der Waals surface area contributed by atoms with E-state index >= 15 is 0 Å². The Labute approximate surface area is 241 Å². The average Bonchev–Trinajstić information content (AvgIpc) is 2.92. The van der Waals surface area contributed by atoms with Crippen molar-refractivity contribution in [2.45, 2.75) is 24.5 Å². The van der Waals surface area contributed by atoms with Crippen molar-refractivity contribution < 1.29 is 39.6 Å². The van der Waals surface area contributed by atoms with Gasteiger partial charge in [-0.25, -0.2) is 0 Å². The molecule has 5 rings (SSSR count). The third-order valence-electron chi connectivity index (χ3n) is 8.46. The van der Waals surface area contributed by atoms with Crippen LogP contribution in [0.15, 0.2) is 59.1 Å². The molecule has 0 heterocycles. The summed E-state index contributed by atoms with van der Waals surface area (Å²) in [7, 11) is 6.61. The van der Waals surface area contributed by atoms with Crippen LogP contribution >= 0.6 is 0 Å². The van der Waals surface area contributed by atoms with Gasteiger partial charge in [0.15, 0.2) is 17.1 Å². The number of nitrogens with zero attached hydrogens (tertiary/aromatic N) is 2. The largest absolute Gasteiger partial charge is 0.510 e. The zero-order valence-electron chi connectivity index (χ0n) is 23.5. The molecule has 3 aliphatic carbocycles. The van der Waals surface area contributed by atoms with Crippen molar-refractivity contribution in [2.75, 3.05) is 38.4 Å². The van der Waals surface area contributed by atoms with Crippen molar-refractivity contribution in [3.05, 3.63) is 75.8 Å². The Morgan fingerprint density at radius 3 is 2.26 bits per heavy atom. The van der Waals surface area contributed by atoms with Crippen LogP contribution in [-0.2, 0) is 16.0 Å². The van der Waals surface area contributed by atoms with E-state index in [0.717, 1.165) is 0 Å². The summed E-state index contributed by atoms with van der Waals surface area (Å²) in [5.41, 5.74) is 2.57. The maximum absolute atomic E-state index is 14.1. The highest BCUT2D eigenvalue weighted by atomic mass is 16.3. The number of hydrogen-bond acceptors (Lipinski definition) is 10. The van der Waals surface area contributed by atoms with Crippen LogP contribution in [0.25, 0.3) is 0 Å². The number of nitrogens with two attached hydrogens (primary N) is 1. The average molecular weight is 577 g/mol. The first kappa shape index (κ1) is 28.8. The van der Waals surface area contributed by atoms with Crippen molar-refractivity contribution in [3.8, 4) is 5.75 Å². The number of phenols is 1. The minimum absolute atomic E-state index is 0.0219. The lowest BCUT2D eigenvalue weighted by Gasteiger charge is -2.50. The quantitative estimate of drug-likeness (QED) is 0.224. The molecule has 0 spiro atoms. The Morgan fingerprint density at radius 1 is 1.05 bits per heavy atom. The molecule has 0 aromatic heterocycles. The van der Waals surface area contributed by atoms with Crippen molar-refractivity contribution in [1.82, 2.24) is 4.90 Å². The number of allylic oxidation sites excluding steroid dienone is 1. The van der Waals surface area contributed by atoms with Gasteiger partial charge in [-0.05, 0) is 56.6 Å². The Hall–Kier alpha value is -4.68. The van der Waals surface area contributed by atoms with Crippen LogP contribution in [0.2, 0.25) is 0 Å². The van der Waals surface area contributed by atoms with Crippen LogP contribution in [-0.4, -0.2) is 88.5 Å². The van der Waals surface area contributed by atoms with Crippen LogP contribution in [0, 0.1) is 11.8 Å². The monoisotopic (exact) mass is 576 g/mol. The van der Waals surface area contributed by atoms with Gasteiger partial charge in [-0.2, -0.15) is 0 Å². The summed E-state index contributed by atoms with van der Waals surface area (Å²) >= 11 is 0. The maximum atomic E-state index is 14.1. The normalized spacial score (nSPS) is 25.1. The molecule has 4 atom stereocenters. The molecule has 2 amide bonds. The molecule has 12 nitrogen and oxygen atoms in total. The lowest BCUT2D eigenvalue weighted by atomic mass is 9.58. The standard InChI is InChI=1S/C30H32N4O8/c1-33(2)18-12-17(32-29(41)13-8-6-5-7-9-13)23(35)20-15(18)10-14-11-16-22(34(3)4)25(37)21(28(31)40)27(39)30(16,42)26(38)19(14)24(20)36/h5-9,12,14,16,22,35,37-38,42H,10-11H2,1-4H3,(H2,31,40)(H,32,41)/t14?,16?,22-,30?/m0/s1. The fourth-order valence-electron chi connectivity index (χ4n) is 6.58. The number of Topliss-reactive ketones (excluding diaryl/α,β-unsaturated/α-hetero) is 2. The lowest BCUT2D eigenvalue weighted by molar-refractivity contribution is -0.148. The number of primary amides is 1. The third kappa shape index (κ3) is 4.05. The van der Waals surface area contributed by atoms with Crippen molar-refractivity contribution in [3.63, 3.8) is 0 Å². The van der Waals surface area contributed by atoms with Gasteiger partial charge >= 0.3 is 0 Å². The first-order chi connectivity index (χ1) is 19.7. The van der Waals surface area contributed by atoms with E-state index in [2.05, 4.69) is 5.32 Å². The first-order valence-electron chi connectivity index (χ1n) is 13.3. The molecular formula is C30H32N4O8. The zero-order chi connectivity index (χ0) is 30.8. The van der Waals surface area contributed by atoms with Gasteiger partial charge in [-0.15, -0.1) is 0 Å².